The summed E-state index contributed by atoms with van der Waals surface area (Å²) in [5.74, 6) is -0.840. The van der Waals surface area contributed by atoms with E-state index in [-0.39, 0.29) is 36.7 Å². The van der Waals surface area contributed by atoms with Crippen molar-refractivity contribution in [3.63, 3.8) is 0 Å². The van der Waals surface area contributed by atoms with E-state index in [2.05, 4.69) is 6.58 Å². The lowest BCUT2D eigenvalue weighted by Crippen LogP contribution is -2.51. The fourth-order valence-electron chi connectivity index (χ4n) is 5.02. The summed E-state index contributed by atoms with van der Waals surface area (Å²) in [4.78, 5) is 0. The molecule has 2 aromatic carbocycles. The van der Waals surface area contributed by atoms with Crippen LogP contribution in [0.5, 0.6) is 0 Å². The van der Waals surface area contributed by atoms with Crippen LogP contribution in [0.1, 0.15) is 62.5 Å². The van der Waals surface area contributed by atoms with Gasteiger partial charge in [-0.1, -0.05) is 63.5 Å². The zero-order valence-corrected chi connectivity index (χ0v) is 19.8. The lowest BCUT2D eigenvalue weighted by Gasteiger charge is -2.36. The molecule has 0 radical (unpaired) electrons. The average molecular weight is 475 g/mol. The van der Waals surface area contributed by atoms with Crippen LogP contribution in [-0.2, 0) is 4.74 Å². The Bertz CT molecular complexity index is 950. The molecule has 0 aromatic heterocycles. The van der Waals surface area contributed by atoms with E-state index in [9.17, 15) is 24.1 Å². The minimum Gasteiger partial charge on any atom is -0.393 e. The van der Waals surface area contributed by atoms with Gasteiger partial charge >= 0.3 is 0 Å². The lowest BCUT2D eigenvalue weighted by molar-refractivity contribution is -0.129. The molecule has 0 bridgehead atoms. The lowest BCUT2D eigenvalue weighted by atomic mass is 9.80. The van der Waals surface area contributed by atoms with E-state index in [4.69, 9.17) is 4.74 Å². The summed E-state index contributed by atoms with van der Waals surface area (Å²) in [7, 11) is 0. The summed E-state index contributed by atoms with van der Waals surface area (Å²) in [5.41, 5.74) is 1.22. The zero-order valence-electron chi connectivity index (χ0n) is 19.8. The average Bonchev–Trinajstić information content (AvgIpc) is 3.12. The number of unbranched alkanes of at least 4 members (excludes halogenated alkanes) is 3. The maximum Gasteiger partial charge on any atom is 0.123 e. The van der Waals surface area contributed by atoms with E-state index >= 15 is 0 Å². The van der Waals surface area contributed by atoms with Gasteiger partial charge in [0.15, 0.2) is 0 Å². The third-order valence-corrected chi connectivity index (χ3v) is 7.22. The Kier molecular flexibility index (Phi) is 9.37. The van der Waals surface area contributed by atoms with Crippen molar-refractivity contribution in [2.75, 3.05) is 13.2 Å². The Morgan fingerprint density at radius 3 is 2.26 bits per heavy atom. The van der Waals surface area contributed by atoms with Crippen molar-refractivity contribution in [1.82, 2.24) is 0 Å². The summed E-state index contributed by atoms with van der Waals surface area (Å²) in [6.07, 6.45) is 3.16. The number of aliphatic hydroxyl groups excluding tert-OH is 3. The maximum absolute atomic E-state index is 13.9. The summed E-state index contributed by atoms with van der Waals surface area (Å²) < 4.78 is 33.3. The first-order chi connectivity index (χ1) is 16.3. The molecule has 2 aromatic rings. The van der Waals surface area contributed by atoms with Crippen LogP contribution in [0.3, 0.4) is 0 Å². The van der Waals surface area contributed by atoms with Gasteiger partial charge in [0, 0.05) is 5.92 Å². The van der Waals surface area contributed by atoms with Crippen LogP contribution in [-0.4, -0.2) is 46.3 Å². The van der Waals surface area contributed by atoms with Gasteiger partial charge in [0.2, 0.25) is 0 Å². The first kappa shape index (κ1) is 26.5. The predicted octanol–water partition coefficient (Wildman–Crippen LogP) is 5.22. The van der Waals surface area contributed by atoms with E-state index in [0.717, 1.165) is 55.2 Å². The van der Waals surface area contributed by atoms with Gasteiger partial charge in [-0.15, -0.1) is 0 Å². The van der Waals surface area contributed by atoms with Crippen LogP contribution in [0.2, 0.25) is 0 Å². The minimum absolute atomic E-state index is 0.0305. The Labute approximate surface area is 200 Å². The molecule has 0 spiro atoms. The number of aliphatic hydroxyl groups is 3. The molecule has 1 saturated heterocycles. The Hall–Kier alpha value is -2.12. The highest BCUT2D eigenvalue weighted by atomic mass is 19.1. The van der Waals surface area contributed by atoms with Crippen molar-refractivity contribution < 1.29 is 28.8 Å². The molecule has 3 rings (SSSR count). The Morgan fingerprint density at radius 1 is 1.03 bits per heavy atom. The van der Waals surface area contributed by atoms with E-state index < -0.39 is 17.8 Å². The van der Waals surface area contributed by atoms with Crippen molar-refractivity contribution in [2.45, 2.75) is 69.2 Å². The Morgan fingerprint density at radius 2 is 1.68 bits per heavy atom. The maximum atomic E-state index is 13.9. The van der Waals surface area contributed by atoms with E-state index in [0.29, 0.717) is 0 Å². The molecular formula is C28H36F2O4. The van der Waals surface area contributed by atoms with Crippen molar-refractivity contribution in [1.29, 1.82) is 0 Å². The minimum atomic E-state index is -1.11. The van der Waals surface area contributed by atoms with E-state index in [1.807, 2.05) is 19.1 Å². The molecule has 4 nitrogen and oxygen atoms in total. The van der Waals surface area contributed by atoms with Crippen LogP contribution < -0.4 is 0 Å². The molecule has 1 aliphatic heterocycles. The molecule has 2 unspecified atom stereocenters. The first-order valence-electron chi connectivity index (χ1n) is 12.1. The van der Waals surface area contributed by atoms with Crippen LogP contribution in [0.4, 0.5) is 8.78 Å². The number of ether oxygens (including phenoxy) is 1. The van der Waals surface area contributed by atoms with Crippen molar-refractivity contribution in [2.24, 2.45) is 5.92 Å². The van der Waals surface area contributed by atoms with Crippen LogP contribution in [0.25, 0.3) is 5.57 Å². The predicted molar refractivity (Wildman–Crippen MR) is 129 cm³/mol. The molecule has 34 heavy (non-hydrogen) atoms. The van der Waals surface area contributed by atoms with Gasteiger partial charge < -0.3 is 20.1 Å². The number of hydrogen-bond donors (Lipinski definition) is 3. The quantitative estimate of drug-likeness (QED) is 0.369. The van der Waals surface area contributed by atoms with Gasteiger partial charge in [0.05, 0.1) is 13.2 Å². The molecule has 0 aliphatic carbocycles. The topological polar surface area (TPSA) is 69.9 Å². The standard InChI is InChI=1S/C28H36F2O4/c1-19(28(18-31)27(33)26(32)17-34-28)9-5-3-4-6-14-25(22-11-8-13-24(30)16-22)20(2)21-10-7-12-23(29)15-21/h7-8,10-13,15-16,19,25-27,31-33H,2-6,9,14,17-18H2,1H3/t19?,25?,26-,27+,28-/m1/s1. The summed E-state index contributed by atoms with van der Waals surface area (Å²) in [6, 6.07) is 12.8. The summed E-state index contributed by atoms with van der Waals surface area (Å²) in [5, 5.41) is 29.9. The second-order valence-corrected chi connectivity index (χ2v) is 9.47. The summed E-state index contributed by atoms with van der Waals surface area (Å²) in [6.45, 7) is 5.85. The second-order valence-electron chi connectivity index (χ2n) is 9.47. The molecule has 1 heterocycles. The molecule has 0 amide bonds. The third kappa shape index (κ3) is 6.11. The van der Waals surface area contributed by atoms with Gasteiger partial charge in [0.25, 0.3) is 0 Å². The van der Waals surface area contributed by atoms with E-state index in [1.165, 1.54) is 24.3 Å². The fourth-order valence-corrected chi connectivity index (χ4v) is 5.02. The zero-order chi connectivity index (χ0) is 24.7. The highest BCUT2D eigenvalue weighted by molar-refractivity contribution is 5.69. The van der Waals surface area contributed by atoms with Crippen molar-refractivity contribution in [3.05, 3.63) is 77.9 Å². The van der Waals surface area contributed by atoms with Gasteiger partial charge in [-0.25, -0.2) is 8.78 Å². The molecule has 0 saturated carbocycles. The van der Waals surface area contributed by atoms with Gasteiger partial charge in [-0.05, 0) is 59.7 Å². The molecule has 1 fully saturated rings. The number of benzene rings is 2. The molecular weight excluding hydrogens is 438 g/mol. The van der Waals surface area contributed by atoms with Crippen LogP contribution >= 0.6 is 0 Å². The van der Waals surface area contributed by atoms with Crippen LogP contribution in [0.15, 0.2) is 55.1 Å². The molecule has 3 N–H and O–H groups in total. The first-order valence-corrected chi connectivity index (χ1v) is 12.1. The fraction of sp³-hybridized carbons (Fsp3) is 0.500. The SMILES string of the molecule is C=C(c1cccc(F)c1)C(CCCCCCC(C)[C@@]1(CO)OC[C@@H](O)[C@@H]1O)c1cccc(F)c1. The Balaban J connectivity index is 1.54. The molecule has 1 aliphatic rings. The molecule has 6 heteroatoms. The van der Waals surface area contributed by atoms with Gasteiger partial charge in [-0.3, -0.25) is 0 Å². The third-order valence-electron chi connectivity index (χ3n) is 7.22. The highest BCUT2D eigenvalue weighted by Crippen LogP contribution is 2.37. The van der Waals surface area contributed by atoms with Crippen molar-refractivity contribution >= 4 is 5.57 Å². The largest absolute Gasteiger partial charge is 0.393 e. The normalized spacial score (nSPS) is 24.2. The van der Waals surface area contributed by atoms with Crippen LogP contribution in [0, 0.1) is 17.6 Å². The number of halogens is 2. The van der Waals surface area contributed by atoms with E-state index in [1.54, 1.807) is 12.1 Å². The summed E-state index contributed by atoms with van der Waals surface area (Å²) >= 11 is 0. The monoisotopic (exact) mass is 474 g/mol. The number of rotatable bonds is 12. The highest BCUT2D eigenvalue weighted by Gasteiger charge is 2.51. The number of hydrogen-bond acceptors (Lipinski definition) is 4. The molecule has 5 atom stereocenters. The van der Waals surface area contributed by atoms with Crippen molar-refractivity contribution in [3.8, 4) is 0 Å². The van der Waals surface area contributed by atoms with Gasteiger partial charge in [-0.2, -0.15) is 0 Å². The smallest absolute Gasteiger partial charge is 0.123 e. The number of allylic oxidation sites excluding steroid dienone is 1. The second kappa shape index (κ2) is 12.0. The molecule has 186 valence electrons. The van der Waals surface area contributed by atoms with Gasteiger partial charge in [0.1, 0.15) is 29.4 Å².